The number of hydrogen-bond donors (Lipinski definition) is 3. The summed E-state index contributed by atoms with van der Waals surface area (Å²) >= 11 is 0. The first-order chi connectivity index (χ1) is 5.89. The fourth-order valence-electron chi connectivity index (χ4n) is 0.653. The molecule has 1 atom stereocenters. The Bertz CT molecular complexity index is 161. The molecule has 0 rings (SSSR count). The first-order valence-electron chi connectivity index (χ1n) is 4.19. The molecule has 0 saturated heterocycles. The molecule has 0 bridgehead atoms. The zero-order valence-corrected chi connectivity index (χ0v) is 8.33. The van der Waals surface area contributed by atoms with E-state index in [1.165, 1.54) is 0 Å². The lowest BCUT2D eigenvalue weighted by molar-refractivity contribution is 0.0485. The number of nitrogens with two attached hydrogens (primary N) is 1. The molecule has 0 saturated carbocycles. The van der Waals surface area contributed by atoms with E-state index in [1.807, 2.05) is 0 Å². The molecule has 13 heavy (non-hydrogen) atoms. The minimum absolute atomic E-state index is 0.185. The van der Waals surface area contributed by atoms with E-state index in [9.17, 15) is 4.79 Å². The predicted molar refractivity (Wildman–Crippen MR) is 49.3 cm³/mol. The Labute approximate surface area is 78.3 Å². The molecule has 0 aliphatic rings. The van der Waals surface area contributed by atoms with Crippen molar-refractivity contribution in [3.8, 4) is 0 Å². The molecule has 0 fully saturated rings. The van der Waals surface area contributed by atoms with Crippen molar-refractivity contribution < 1.29 is 14.6 Å². The van der Waals surface area contributed by atoms with Crippen LogP contribution in [0.4, 0.5) is 4.79 Å². The molecule has 0 spiro atoms. The number of alkyl carbamates (subject to hydrolysis) is 1. The van der Waals surface area contributed by atoms with Crippen LogP contribution in [0.1, 0.15) is 20.8 Å². The second-order valence-corrected chi connectivity index (χ2v) is 3.76. The van der Waals surface area contributed by atoms with E-state index in [0.29, 0.717) is 0 Å². The second kappa shape index (κ2) is 5.04. The summed E-state index contributed by atoms with van der Waals surface area (Å²) in [6.07, 6.45) is -0.558. The maximum absolute atomic E-state index is 11.1. The summed E-state index contributed by atoms with van der Waals surface area (Å²) in [6.45, 7) is 5.31. The van der Waals surface area contributed by atoms with Crippen molar-refractivity contribution in [1.29, 1.82) is 0 Å². The molecule has 0 aromatic heterocycles. The molecule has 5 heteroatoms. The van der Waals surface area contributed by atoms with E-state index in [4.69, 9.17) is 15.6 Å². The summed E-state index contributed by atoms with van der Waals surface area (Å²) in [5.74, 6) is 0. The van der Waals surface area contributed by atoms with E-state index in [2.05, 4.69) is 5.32 Å². The Balaban J connectivity index is 3.86. The normalized spacial score (nSPS) is 13.6. The number of ether oxygens (including phenoxy) is 1. The highest BCUT2D eigenvalue weighted by Crippen LogP contribution is 2.06. The van der Waals surface area contributed by atoms with E-state index < -0.39 is 17.7 Å². The number of carbonyl (C=O) groups is 1. The van der Waals surface area contributed by atoms with Gasteiger partial charge in [0.25, 0.3) is 0 Å². The molecular weight excluding hydrogens is 172 g/mol. The summed E-state index contributed by atoms with van der Waals surface area (Å²) in [4.78, 5) is 11.1. The number of hydrogen-bond acceptors (Lipinski definition) is 4. The number of nitrogens with one attached hydrogen (secondary N) is 1. The van der Waals surface area contributed by atoms with Gasteiger partial charge in [0, 0.05) is 6.54 Å². The zero-order chi connectivity index (χ0) is 10.5. The van der Waals surface area contributed by atoms with Crippen LogP contribution in [-0.4, -0.2) is 36.0 Å². The predicted octanol–water partition coefficient (Wildman–Crippen LogP) is -0.169. The lowest BCUT2D eigenvalue weighted by Gasteiger charge is -2.22. The van der Waals surface area contributed by atoms with Gasteiger partial charge >= 0.3 is 6.09 Å². The molecule has 4 N–H and O–H groups in total. The third-order valence-electron chi connectivity index (χ3n) is 1.23. The number of carbonyl (C=O) groups excluding carboxylic acids is 1. The Morgan fingerprint density at radius 2 is 2.15 bits per heavy atom. The van der Waals surface area contributed by atoms with Crippen molar-refractivity contribution in [3.63, 3.8) is 0 Å². The van der Waals surface area contributed by atoms with Gasteiger partial charge in [0.2, 0.25) is 0 Å². The Morgan fingerprint density at radius 1 is 1.62 bits per heavy atom. The Morgan fingerprint density at radius 3 is 2.46 bits per heavy atom. The second-order valence-electron chi connectivity index (χ2n) is 3.76. The van der Waals surface area contributed by atoms with Crippen molar-refractivity contribution in [3.05, 3.63) is 0 Å². The average Bonchev–Trinajstić information content (AvgIpc) is 1.96. The largest absolute Gasteiger partial charge is 0.444 e. The summed E-state index contributed by atoms with van der Waals surface area (Å²) in [7, 11) is 0. The van der Waals surface area contributed by atoms with Crippen molar-refractivity contribution >= 4 is 6.09 Å². The lowest BCUT2D eigenvalue weighted by atomic mass is 10.2. The van der Waals surface area contributed by atoms with Gasteiger partial charge in [-0.05, 0) is 20.8 Å². The van der Waals surface area contributed by atoms with Gasteiger partial charge in [0.05, 0.1) is 12.6 Å². The third kappa shape index (κ3) is 6.36. The van der Waals surface area contributed by atoms with Gasteiger partial charge in [0.15, 0.2) is 0 Å². The maximum atomic E-state index is 11.1. The fraction of sp³-hybridized carbons (Fsp3) is 0.875. The van der Waals surface area contributed by atoms with E-state index in [0.717, 1.165) is 0 Å². The molecule has 0 heterocycles. The first kappa shape index (κ1) is 12.2. The fourth-order valence-corrected chi connectivity index (χ4v) is 0.653. The standard InChI is InChI=1S/C8H18N2O3/c1-8(2,3)13-7(12)10-6(4-9)5-11/h6,11H,4-5,9H2,1-3H3,(H,10,12)/t6-/m0/s1. The topological polar surface area (TPSA) is 84.6 Å². The molecule has 1 amide bonds. The van der Waals surface area contributed by atoms with E-state index in [-0.39, 0.29) is 13.2 Å². The maximum Gasteiger partial charge on any atom is 0.407 e. The van der Waals surface area contributed by atoms with Crippen molar-refractivity contribution in [2.45, 2.75) is 32.4 Å². The summed E-state index contributed by atoms with van der Waals surface area (Å²) < 4.78 is 4.96. The molecule has 0 unspecified atom stereocenters. The van der Waals surface area contributed by atoms with Gasteiger partial charge in [-0.1, -0.05) is 0 Å². The summed E-state index contributed by atoms with van der Waals surface area (Å²) in [6, 6.07) is -0.435. The third-order valence-corrected chi connectivity index (χ3v) is 1.23. The van der Waals surface area contributed by atoms with Crippen LogP contribution in [0.2, 0.25) is 0 Å². The highest BCUT2D eigenvalue weighted by atomic mass is 16.6. The van der Waals surface area contributed by atoms with Crippen molar-refractivity contribution in [1.82, 2.24) is 5.32 Å². The molecule has 5 nitrogen and oxygen atoms in total. The van der Waals surface area contributed by atoms with Gasteiger partial charge in [-0.25, -0.2) is 4.79 Å². The van der Waals surface area contributed by atoms with Gasteiger partial charge in [-0.3, -0.25) is 0 Å². The highest BCUT2D eigenvalue weighted by Gasteiger charge is 2.18. The van der Waals surface area contributed by atoms with Crippen molar-refractivity contribution in [2.24, 2.45) is 5.73 Å². The first-order valence-corrected chi connectivity index (χ1v) is 4.19. The number of rotatable bonds is 3. The highest BCUT2D eigenvalue weighted by molar-refractivity contribution is 5.68. The molecule has 0 aliphatic heterocycles. The van der Waals surface area contributed by atoms with Crippen LogP contribution in [0, 0.1) is 0 Å². The van der Waals surface area contributed by atoms with Crippen LogP contribution in [-0.2, 0) is 4.74 Å². The molecule has 0 aromatic carbocycles. The van der Waals surface area contributed by atoms with Crippen LogP contribution >= 0.6 is 0 Å². The van der Waals surface area contributed by atoms with Crippen LogP contribution in [0.15, 0.2) is 0 Å². The minimum Gasteiger partial charge on any atom is -0.444 e. The SMILES string of the molecule is CC(C)(C)OC(=O)N[C@@H](CN)CO. The van der Waals surface area contributed by atoms with Gasteiger partial charge in [0.1, 0.15) is 5.60 Å². The molecule has 78 valence electrons. The molecule has 0 aliphatic carbocycles. The monoisotopic (exact) mass is 190 g/mol. The number of amides is 1. The van der Waals surface area contributed by atoms with Gasteiger partial charge in [-0.2, -0.15) is 0 Å². The van der Waals surface area contributed by atoms with E-state index >= 15 is 0 Å². The zero-order valence-electron chi connectivity index (χ0n) is 8.33. The van der Waals surface area contributed by atoms with Crippen LogP contribution < -0.4 is 11.1 Å². The van der Waals surface area contributed by atoms with Crippen LogP contribution in [0.5, 0.6) is 0 Å². The number of aliphatic hydroxyl groups excluding tert-OH is 1. The molecule has 0 radical (unpaired) electrons. The smallest absolute Gasteiger partial charge is 0.407 e. The minimum atomic E-state index is -0.558. The van der Waals surface area contributed by atoms with Gasteiger partial charge in [-0.15, -0.1) is 0 Å². The van der Waals surface area contributed by atoms with Gasteiger partial charge < -0.3 is 20.9 Å². The van der Waals surface area contributed by atoms with E-state index in [1.54, 1.807) is 20.8 Å². The summed E-state index contributed by atoms with van der Waals surface area (Å²) in [5, 5.41) is 11.2. The van der Waals surface area contributed by atoms with Crippen LogP contribution in [0.25, 0.3) is 0 Å². The Hall–Kier alpha value is -0.810. The lowest BCUT2D eigenvalue weighted by Crippen LogP contribution is -2.44. The van der Waals surface area contributed by atoms with Crippen LogP contribution in [0.3, 0.4) is 0 Å². The average molecular weight is 190 g/mol. The molecular formula is C8H18N2O3. The molecule has 0 aromatic rings. The number of aliphatic hydroxyl groups is 1. The quantitative estimate of drug-likeness (QED) is 0.577. The Kier molecular flexibility index (Phi) is 4.72. The summed E-state index contributed by atoms with van der Waals surface area (Å²) in [5.41, 5.74) is 4.74. The van der Waals surface area contributed by atoms with Crippen molar-refractivity contribution in [2.75, 3.05) is 13.2 Å².